The third-order valence-electron chi connectivity index (χ3n) is 7.18. The van der Waals surface area contributed by atoms with Gasteiger partial charge in [-0.25, -0.2) is 14.8 Å². The summed E-state index contributed by atoms with van der Waals surface area (Å²) in [5.74, 6) is 1.27. The van der Waals surface area contributed by atoms with Crippen LogP contribution in [0.3, 0.4) is 0 Å². The number of amides is 1. The number of rotatable bonds is 3. The van der Waals surface area contributed by atoms with Crippen LogP contribution in [0.4, 0.5) is 4.79 Å². The molecule has 5 rings (SSSR count). The van der Waals surface area contributed by atoms with Gasteiger partial charge in [-0.1, -0.05) is 6.92 Å². The van der Waals surface area contributed by atoms with Gasteiger partial charge in [0, 0.05) is 49.8 Å². The molecule has 2 aromatic heterocycles. The van der Waals surface area contributed by atoms with Gasteiger partial charge in [0.15, 0.2) is 0 Å². The largest absolute Gasteiger partial charge is 0.444 e. The second-order valence-electron chi connectivity index (χ2n) is 10.9. The highest BCUT2D eigenvalue weighted by atomic mass is 16.6. The van der Waals surface area contributed by atoms with E-state index in [0.29, 0.717) is 36.9 Å². The van der Waals surface area contributed by atoms with Crippen molar-refractivity contribution in [3.05, 3.63) is 23.8 Å². The van der Waals surface area contributed by atoms with Crippen molar-refractivity contribution in [2.24, 2.45) is 5.92 Å². The Hall–Kier alpha value is -2.15. The second kappa shape index (κ2) is 8.32. The average molecular weight is 441 g/mol. The number of carbonyl (C=O) groups is 1. The highest BCUT2D eigenvalue weighted by Crippen LogP contribution is 2.47. The molecular weight excluding hydrogens is 404 g/mol. The topological polar surface area (TPSA) is 69.5 Å². The van der Waals surface area contributed by atoms with Crippen LogP contribution in [0.25, 0.3) is 11.0 Å². The lowest BCUT2D eigenvalue weighted by molar-refractivity contribution is 0.0154. The molecule has 1 aliphatic carbocycles. The van der Waals surface area contributed by atoms with Crippen molar-refractivity contribution < 1.29 is 14.3 Å². The number of aromatic nitrogens is 3. The summed E-state index contributed by atoms with van der Waals surface area (Å²) in [5.41, 5.74) is 3.23. The van der Waals surface area contributed by atoms with E-state index in [4.69, 9.17) is 19.4 Å². The number of likely N-dealkylation sites (tertiary alicyclic amines) is 1. The zero-order chi connectivity index (χ0) is 22.5. The summed E-state index contributed by atoms with van der Waals surface area (Å²) in [6.07, 6.45) is 9.41. The summed E-state index contributed by atoms with van der Waals surface area (Å²) in [6.45, 7) is 11.0. The first kappa shape index (κ1) is 21.7. The van der Waals surface area contributed by atoms with Crippen LogP contribution in [0, 0.1) is 5.92 Å². The zero-order valence-electron chi connectivity index (χ0n) is 19.8. The van der Waals surface area contributed by atoms with Crippen LogP contribution in [-0.4, -0.2) is 57.4 Å². The zero-order valence-corrected chi connectivity index (χ0v) is 19.8. The Morgan fingerprint density at radius 3 is 2.53 bits per heavy atom. The van der Waals surface area contributed by atoms with Crippen molar-refractivity contribution in [2.45, 2.75) is 83.3 Å². The van der Waals surface area contributed by atoms with E-state index in [9.17, 15) is 4.79 Å². The molecule has 0 spiro atoms. The van der Waals surface area contributed by atoms with E-state index < -0.39 is 5.60 Å². The lowest BCUT2D eigenvalue weighted by atomic mass is 9.82. The molecule has 3 aliphatic rings. The van der Waals surface area contributed by atoms with E-state index in [0.717, 1.165) is 38.1 Å². The lowest BCUT2D eigenvalue weighted by Gasteiger charge is -2.37. The Bertz CT molecular complexity index is 985. The molecule has 1 amide bonds. The molecule has 2 saturated heterocycles. The first-order chi connectivity index (χ1) is 15.3. The fourth-order valence-electron chi connectivity index (χ4n) is 5.41. The van der Waals surface area contributed by atoms with Gasteiger partial charge in [0.2, 0.25) is 0 Å². The van der Waals surface area contributed by atoms with Crippen molar-refractivity contribution in [3.8, 4) is 0 Å². The minimum absolute atomic E-state index is 0.208. The first-order valence-electron chi connectivity index (χ1n) is 12.2. The maximum Gasteiger partial charge on any atom is 0.410 e. The van der Waals surface area contributed by atoms with Crippen LogP contribution < -0.4 is 0 Å². The molecule has 0 radical (unpaired) electrons. The number of carbonyl (C=O) groups excluding carboxylic acids is 1. The minimum Gasteiger partial charge on any atom is -0.444 e. The van der Waals surface area contributed by atoms with Crippen LogP contribution in [0.5, 0.6) is 0 Å². The molecule has 2 aliphatic heterocycles. The molecular formula is C25H36N4O3. The van der Waals surface area contributed by atoms with Crippen molar-refractivity contribution in [3.63, 3.8) is 0 Å². The van der Waals surface area contributed by atoms with E-state index in [1.54, 1.807) is 6.33 Å². The summed E-state index contributed by atoms with van der Waals surface area (Å²) < 4.78 is 13.6. The molecule has 1 saturated carbocycles. The summed E-state index contributed by atoms with van der Waals surface area (Å²) in [4.78, 5) is 24.1. The van der Waals surface area contributed by atoms with E-state index in [1.165, 1.54) is 29.5 Å². The van der Waals surface area contributed by atoms with E-state index in [2.05, 4.69) is 17.7 Å². The van der Waals surface area contributed by atoms with Gasteiger partial charge in [-0.2, -0.15) is 0 Å². The summed E-state index contributed by atoms with van der Waals surface area (Å²) in [7, 11) is 0. The van der Waals surface area contributed by atoms with E-state index in [-0.39, 0.29) is 6.09 Å². The van der Waals surface area contributed by atoms with Gasteiger partial charge in [0.1, 0.15) is 17.6 Å². The fraction of sp³-hybridized carbons (Fsp3) is 0.720. The van der Waals surface area contributed by atoms with Crippen LogP contribution >= 0.6 is 0 Å². The number of ether oxygens (including phenoxy) is 2. The Morgan fingerprint density at radius 1 is 1.12 bits per heavy atom. The smallest absolute Gasteiger partial charge is 0.410 e. The number of hydrogen-bond donors (Lipinski definition) is 0. The lowest BCUT2D eigenvalue weighted by Crippen LogP contribution is -2.44. The Morgan fingerprint density at radius 2 is 1.88 bits per heavy atom. The van der Waals surface area contributed by atoms with Gasteiger partial charge in [0.05, 0.1) is 5.69 Å². The maximum absolute atomic E-state index is 12.6. The number of fused-ring (bicyclic) bond motifs is 1. The van der Waals surface area contributed by atoms with Crippen molar-refractivity contribution in [2.75, 3.05) is 26.3 Å². The summed E-state index contributed by atoms with van der Waals surface area (Å²) in [6, 6.07) is 0.452. The van der Waals surface area contributed by atoms with Crippen LogP contribution in [-0.2, 0) is 9.47 Å². The Labute approximate surface area is 190 Å². The predicted molar refractivity (Wildman–Crippen MR) is 123 cm³/mol. The molecule has 2 atom stereocenters. The third-order valence-corrected chi connectivity index (χ3v) is 7.18. The molecule has 0 N–H and O–H groups in total. The molecule has 7 nitrogen and oxygen atoms in total. The molecule has 4 heterocycles. The molecule has 32 heavy (non-hydrogen) atoms. The molecule has 3 fully saturated rings. The summed E-state index contributed by atoms with van der Waals surface area (Å²) >= 11 is 0. The van der Waals surface area contributed by atoms with Crippen molar-refractivity contribution >= 4 is 17.1 Å². The SMILES string of the molecule is C[C@H]1CN(C(=O)OC(C)(C)C)CCC1c1ncnc2c1c(C1CC1)cn2C1CCOCC1. The first-order valence-corrected chi connectivity index (χ1v) is 12.2. The Balaban J connectivity index is 1.44. The van der Waals surface area contributed by atoms with Gasteiger partial charge >= 0.3 is 6.09 Å². The Kier molecular flexibility index (Phi) is 5.64. The van der Waals surface area contributed by atoms with E-state index >= 15 is 0 Å². The van der Waals surface area contributed by atoms with Gasteiger partial charge in [-0.15, -0.1) is 0 Å². The van der Waals surface area contributed by atoms with Crippen LogP contribution in [0.2, 0.25) is 0 Å². The summed E-state index contributed by atoms with van der Waals surface area (Å²) in [5, 5.41) is 1.28. The number of piperidine rings is 1. The third kappa shape index (κ3) is 4.24. The van der Waals surface area contributed by atoms with Gasteiger partial charge in [-0.05, 0) is 70.3 Å². The average Bonchev–Trinajstić information content (AvgIpc) is 3.53. The van der Waals surface area contributed by atoms with Crippen LogP contribution in [0.15, 0.2) is 12.5 Å². The van der Waals surface area contributed by atoms with Gasteiger partial charge < -0.3 is 18.9 Å². The number of hydrogen-bond acceptors (Lipinski definition) is 5. The normalized spacial score (nSPS) is 25.3. The van der Waals surface area contributed by atoms with Crippen LogP contribution in [0.1, 0.15) is 88.9 Å². The fourth-order valence-corrected chi connectivity index (χ4v) is 5.41. The molecule has 1 unspecified atom stereocenters. The molecule has 7 heteroatoms. The molecule has 0 bridgehead atoms. The predicted octanol–water partition coefficient (Wildman–Crippen LogP) is 5.02. The highest BCUT2D eigenvalue weighted by molar-refractivity contribution is 5.84. The highest BCUT2D eigenvalue weighted by Gasteiger charge is 2.37. The maximum atomic E-state index is 12.6. The van der Waals surface area contributed by atoms with Crippen molar-refractivity contribution in [1.29, 1.82) is 0 Å². The monoisotopic (exact) mass is 440 g/mol. The van der Waals surface area contributed by atoms with Gasteiger partial charge in [-0.3, -0.25) is 0 Å². The van der Waals surface area contributed by atoms with Gasteiger partial charge in [0.25, 0.3) is 0 Å². The molecule has 174 valence electrons. The molecule has 0 aromatic carbocycles. The van der Waals surface area contributed by atoms with E-state index in [1.807, 2.05) is 25.7 Å². The quantitative estimate of drug-likeness (QED) is 0.670. The minimum atomic E-state index is -0.470. The standard InChI is InChI=1S/C25H36N4O3/c1-16-13-28(24(30)32-25(2,3)4)10-7-19(16)22-21-20(17-5-6-17)14-29(23(21)27-15-26-22)18-8-11-31-12-9-18/h14-19H,5-13H2,1-4H3/t16-,19?/m0/s1. The molecule has 2 aromatic rings. The van der Waals surface area contributed by atoms with Crippen molar-refractivity contribution in [1.82, 2.24) is 19.4 Å². The second-order valence-corrected chi connectivity index (χ2v) is 10.9. The number of nitrogens with zero attached hydrogens (tertiary/aromatic N) is 4.